The Morgan fingerprint density at radius 1 is 0.383 bits per heavy atom. The zero-order chi connectivity index (χ0) is 58.7. The van der Waals surface area contributed by atoms with Crippen LogP contribution >= 0.6 is 7.82 Å². The zero-order valence-corrected chi connectivity index (χ0v) is 53.9. The normalized spacial score (nSPS) is 13.4. The Labute approximate surface area is 501 Å². The van der Waals surface area contributed by atoms with Crippen molar-refractivity contribution in [2.75, 3.05) is 26.4 Å². The van der Waals surface area contributed by atoms with Crippen LogP contribution < -0.4 is 5.73 Å². The van der Waals surface area contributed by atoms with Gasteiger partial charge in [-0.25, -0.2) is 4.57 Å². The van der Waals surface area contributed by atoms with E-state index in [2.05, 4.69) is 86.8 Å². The highest BCUT2D eigenvalue weighted by Crippen LogP contribution is 2.43. The lowest BCUT2D eigenvalue weighted by Crippen LogP contribution is -2.29. The van der Waals surface area contributed by atoms with Crippen LogP contribution in [0.5, 0.6) is 0 Å². The van der Waals surface area contributed by atoms with E-state index >= 15 is 0 Å². The van der Waals surface area contributed by atoms with Gasteiger partial charge in [-0.05, 0) is 83.5 Å². The van der Waals surface area contributed by atoms with Crippen molar-refractivity contribution in [3.63, 3.8) is 0 Å². The number of unbranched alkanes of at least 4 members (excludes halogenated alkanes) is 40. The Bertz CT molecular complexity index is 1560. The van der Waals surface area contributed by atoms with Gasteiger partial charge in [0.05, 0.1) is 13.2 Å². The number of hydrogen-bond acceptors (Lipinski definition) is 8. The number of hydrogen-bond donors (Lipinski definition) is 2. The molecule has 3 N–H and O–H groups in total. The summed E-state index contributed by atoms with van der Waals surface area (Å²) in [5, 5.41) is 0. The van der Waals surface area contributed by atoms with Gasteiger partial charge in [0, 0.05) is 19.4 Å². The van der Waals surface area contributed by atoms with Crippen LogP contribution in [0.4, 0.5) is 0 Å². The number of allylic oxidation sites excluding steroid dienone is 12. The molecule has 0 fully saturated rings. The van der Waals surface area contributed by atoms with Gasteiger partial charge in [0.15, 0.2) is 6.10 Å². The minimum atomic E-state index is -4.39. The van der Waals surface area contributed by atoms with Gasteiger partial charge in [0.2, 0.25) is 0 Å². The average molecular weight is 1160 g/mol. The first-order valence-corrected chi connectivity index (χ1v) is 35.9. The van der Waals surface area contributed by atoms with E-state index in [0.717, 1.165) is 70.6 Å². The molecular formula is C71H130NO8P. The van der Waals surface area contributed by atoms with Crippen molar-refractivity contribution < 1.29 is 37.6 Å². The topological polar surface area (TPSA) is 134 Å². The fraction of sp³-hybridized carbons (Fsp3) is 0.803. The average Bonchev–Trinajstić information content (AvgIpc) is 3.46. The Morgan fingerprint density at radius 3 is 1.01 bits per heavy atom. The summed E-state index contributed by atoms with van der Waals surface area (Å²) in [7, 11) is -4.39. The smallest absolute Gasteiger partial charge is 0.462 e. The monoisotopic (exact) mass is 1160 g/mol. The molecule has 0 heterocycles. The van der Waals surface area contributed by atoms with Gasteiger partial charge >= 0.3 is 19.8 Å². The number of esters is 2. The molecule has 9 nitrogen and oxygen atoms in total. The molecule has 0 aliphatic heterocycles. The molecule has 0 aliphatic carbocycles. The molecule has 0 aliphatic rings. The Hall–Kier alpha value is -2.55. The van der Waals surface area contributed by atoms with E-state index in [1.54, 1.807) is 0 Å². The molecule has 0 spiro atoms. The lowest BCUT2D eigenvalue weighted by molar-refractivity contribution is -0.161. The van der Waals surface area contributed by atoms with E-state index in [4.69, 9.17) is 24.3 Å². The molecule has 0 saturated carbocycles. The quantitative estimate of drug-likeness (QED) is 0.0264. The molecule has 0 radical (unpaired) electrons. The third-order valence-electron chi connectivity index (χ3n) is 15.1. The summed E-state index contributed by atoms with van der Waals surface area (Å²) in [6, 6.07) is 0. The first kappa shape index (κ1) is 78.5. The largest absolute Gasteiger partial charge is 0.472 e. The van der Waals surface area contributed by atoms with Crippen LogP contribution in [-0.2, 0) is 32.7 Å². The Kier molecular flexibility index (Phi) is 64.5. The first-order chi connectivity index (χ1) is 39.8. The molecule has 0 aromatic carbocycles. The number of phosphoric acid groups is 1. The maximum atomic E-state index is 12.8. The number of rotatable bonds is 65. The van der Waals surface area contributed by atoms with Crippen LogP contribution in [0.15, 0.2) is 72.9 Å². The van der Waals surface area contributed by atoms with Gasteiger partial charge in [0.1, 0.15) is 6.61 Å². The molecule has 0 amide bonds. The van der Waals surface area contributed by atoms with Crippen molar-refractivity contribution in [1.29, 1.82) is 0 Å². The molecule has 2 atom stereocenters. The predicted octanol–water partition coefficient (Wildman–Crippen LogP) is 22.4. The summed E-state index contributed by atoms with van der Waals surface area (Å²) < 4.78 is 33.2. The number of nitrogens with two attached hydrogens (primary N) is 1. The molecule has 0 aromatic rings. The summed E-state index contributed by atoms with van der Waals surface area (Å²) in [6.45, 7) is 3.67. The zero-order valence-electron chi connectivity index (χ0n) is 53.0. The Balaban J connectivity index is 3.84. The van der Waals surface area contributed by atoms with Crippen molar-refractivity contribution in [3.05, 3.63) is 72.9 Å². The molecule has 0 bridgehead atoms. The van der Waals surface area contributed by atoms with Crippen LogP contribution in [0.25, 0.3) is 0 Å². The second-order valence-corrected chi connectivity index (χ2v) is 24.5. The molecule has 472 valence electrons. The van der Waals surface area contributed by atoms with E-state index in [-0.39, 0.29) is 38.6 Å². The molecule has 10 heteroatoms. The lowest BCUT2D eigenvalue weighted by Gasteiger charge is -2.19. The number of phosphoric ester groups is 1. The molecular weight excluding hydrogens is 1030 g/mol. The highest BCUT2D eigenvalue weighted by atomic mass is 31.2. The maximum Gasteiger partial charge on any atom is 0.472 e. The summed E-state index contributed by atoms with van der Waals surface area (Å²) in [5.74, 6) is -0.814. The highest BCUT2D eigenvalue weighted by molar-refractivity contribution is 7.47. The van der Waals surface area contributed by atoms with E-state index in [9.17, 15) is 19.0 Å². The predicted molar refractivity (Wildman–Crippen MR) is 349 cm³/mol. The van der Waals surface area contributed by atoms with Crippen LogP contribution in [0.1, 0.15) is 335 Å². The number of carbonyl (C=O) groups is 2. The van der Waals surface area contributed by atoms with Crippen molar-refractivity contribution in [2.24, 2.45) is 5.73 Å². The maximum absolute atomic E-state index is 12.8. The van der Waals surface area contributed by atoms with Crippen LogP contribution in [0.2, 0.25) is 0 Å². The van der Waals surface area contributed by atoms with Gasteiger partial charge in [-0.3, -0.25) is 18.6 Å². The third-order valence-corrected chi connectivity index (χ3v) is 16.1. The summed E-state index contributed by atoms with van der Waals surface area (Å²) >= 11 is 0. The van der Waals surface area contributed by atoms with Crippen LogP contribution in [0, 0.1) is 0 Å². The SMILES string of the molecule is CC/C=C\C/C=C\C/C=C\C/C=C\CCCCCCCCCCCCCCCCC(=O)OC(COC(=O)CCCCCCCCCCCCCCCCCCCCCCC/C=C\C/C=C\CCCCCCC)COP(=O)(O)OCCN. The fourth-order valence-corrected chi connectivity index (χ4v) is 10.8. The number of carbonyl (C=O) groups excluding carboxylic acids is 2. The highest BCUT2D eigenvalue weighted by Gasteiger charge is 2.26. The van der Waals surface area contributed by atoms with Crippen LogP contribution in [-0.4, -0.2) is 49.3 Å². The first-order valence-electron chi connectivity index (χ1n) is 34.4. The van der Waals surface area contributed by atoms with Gasteiger partial charge < -0.3 is 20.1 Å². The van der Waals surface area contributed by atoms with Gasteiger partial charge in [-0.2, -0.15) is 0 Å². The molecule has 2 unspecified atom stereocenters. The minimum absolute atomic E-state index is 0.0530. The van der Waals surface area contributed by atoms with E-state index in [1.807, 2.05) is 0 Å². The van der Waals surface area contributed by atoms with Crippen LogP contribution in [0.3, 0.4) is 0 Å². The van der Waals surface area contributed by atoms with Crippen molar-refractivity contribution >= 4 is 19.8 Å². The van der Waals surface area contributed by atoms with E-state index < -0.39 is 26.5 Å². The molecule has 0 aromatic heterocycles. The van der Waals surface area contributed by atoms with Gasteiger partial charge in [-0.1, -0.05) is 311 Å². The molecule has 81 heavy (non-hydrogen) atoms. The Morgan fingerprint density at radius 2 is 0.679 bits per heavy atom. The summed E-state index contributed by atoms with van der Waals surface area (Å²) in [6.07, 6.45) is 87.1. The summed E-state index contributed by atoms with van der Waals surface area (Å²) in [4.78, 5) is 35.3. The molecule has 0 rings (SSSR count). The second kappa shape index (κ2) is 66.6. The standard InChI is InChI=1S/C71H130NO8P/c1-3-5-7-9-11-13-15-17-19-21-23-25-27-29-31-32-33-34-35-36-38-39-41-43-45-47-49-51-53-55-57-59-61-63-70(73)77-67-69(68-79-81(75,76)78-66-65-72)80-71(74)64-62-60-58-56-54-52-50-48-46-44-42-40-37-30-28-26-24-22-20-18-16-14-12-10-8-6-4-2/h6,8,12,14-15,17-18,20-21,23-24,26,69H,3-5,7,9-11,13,16,19,22,25,27-68,72H2,1-2H3,(H,75,76)/b8-6-,14-12-,17-15-,20-18-,23-21-,26-24-. The number of ether oxygens (including phenoxy) is 2. The minimum Gasteiger partial charge on any atom is -0.462 e. The summed E-state index contributed by atoms with van der Waals surface area (Å²) in [5.41, 5.74) is 5.40. The lowest BCUT2D eigenvalue weighted by atomic mass is 10.0. The van der Waals surface area contributed by atoms with E-state index in [1.165, 1.54) is 231 Å². The van der Waals surface area contributed by atoms with Crippen molar-refractivity contribution in [2.45, 2.75) is 341 Å². The van der Waals surface area contributed by atoms with Crippen molar-refractivity contribution in [1.82, 2.24) is 0 Å². The van der Waals surface area contributed by atoms with Gasteiger partial charge in [-0.15, -0.1) is 0 Å². The second-order valence-electron chi connectivity index (χ2n) is 23.0. The molecule has 0 saturated heterocycles. The fourth-order valence-electron chi connectivity index (χ4n) is 10.0. The van der Waals surface area contributed by atoms with Crippen molar-refractivity contribution in [3.8, 4) is 0 Å². The third kappa shape index (κ3) is 66.5. The van der Waals surface area contributed by atoms with E-state index in [0.29, 0.717) is 6.42 Å². The van der Waals surface area contributed by atoms with Gasteiger partial charge in [0.25, 0.3) is 0 Å².